The molecule has 0 amide bonds. The van der Waals surface area contributed by atoms with Gasteiger partial charge in [-0.1, -0.05) is 29.4 Å². The number of hydrogen-bond donors (Lipinski definition) is 1. The fraction of sp³-hybridized carbons (Fsp3) is 0.111. The van der Waals surface area contributed by atoms with Gasteiger partial charge < -0.3 is 5.73 Å². The molecule has 3 heterocycles. The second kappa shape index (κ2) is 7.25. The molecule has 0 radical (unpaired) electrons. The second-order valence-corrected chi connectivity index (χ2v) is 9.59. The number of benzene rings is 1. The first kappa shape index (κ1) is 19.0. The minimum absolute atomic E-state index is 0.108. The summed E-state index contributed by atoms with van der Waals surface area (Å²) in [5, 5.41) is 4.55. The Morgan fingerprint density at radius 1 is 1.18 bits per heavy atom. The first-order chi connectivity index (χ1) is 13.4. The van der Waals surface area contributed by atoms with Crippen LogP contribution in [0.1, 0.15) is 12.5 Å². The second-order valence-electron chi connectivity index (χ2n) is 6.03. The highest BCUT2D eigenvalue weighted by atomic mass is 35.5. The molecule has 3 aromatic rings. The number of rotatable bonds is 4. The van der Waals surface area contributed by atoms with Crippen molar-refractivity contribution in [1.82, 2.24) is 14.2 Å². The molecule has 0 fully saturated rings. The predicted molar refractivity (Wildman–Crippen MR) is 111 cm³/mol. The molecule has 0 spiro atoms. The largest absolute Gasteiger partial charge is 0.302 e. The van der Waals surface area contributed by atoms with E-state index in [0.29, 0.717) is 16.4 Å². The maximum atomic E-state index is 12.9. The number of allylic oxidation sites excluding steroid dienone is 1. The molecule has 0 aliphatic carbocycles. The van der Waals surface area contributed by atoms with E-state index < -0.39 is 10.0 Å². The number of anilines is 1. The quantitative estimate of drug-likeness (QED) is 0.674. The zero-order chi connectivity index (χ0) is 19.9. The Labute approximate surface area is 171 Å². The molecular formula is C18H16ClN5O2S2. The summed E-state index contributed by atoms with van der Waals surface area (Å²) >= 11 is 7.34. The molecule has 10 heteroatoms. The highest BCUT2D eigenvalue weighted by Gasteiger charge is 2.32. The summed E-state index contributed by atoms with van der Waals surface area (Å²) in [5.41, 5.74) is 7.34. The molecule has 4 rings (SSSR count). The predicted octanol–water partition coefficient (Wildman–Crippen LogP) is 3.35. The number of aromatic nitrogens is 3. The van der Waals surface area contributed by atoms with Gasteiger partial charge in [0, 0.05) is 21.7 Å². The lowest BCUT2D eigenvalue weighted by Crippen LogP contribution is -2.35. The molecule has 2 N–H and O–H groups in total. The van der Waals surface area contributed by atoms with Crippen LogP contribution in [0, 0.1) is 0 Å². The van der Waals surface area contributed by atoms with E-state index in [0.717, 1.165) is 14.7 Å². The Kier molecular flexibility index (Phi) is 4.92. The molecule has 1 aliphatic heterocycles. The topological polar surface area (TPSA) is 94.1 Å². The van der Waals surface area contributed by atoms with Crippen LogP contribution in [0.2, 0.25) is 5.02 Å². The van der Waals surface area contributed by atoms with Crippen LogP contribution in [-0.4, -0.2) is 28.1 Å². The Morgan fingerprint density at radius 2 is 1.93 bits per heavy atom. The highest BCUT2D eigenvalue weighted by Crippen LogP contribution is 2.42. The standard InChI is InChI=1S/C18H16ClN5O2S2/c1-12-17(24(18(20)27-12)16-4-2-3-9-21-16)13-10-22-23(11-13)28(25,26)15-7-5-14(19)6-8-15/h2-11,18H,20H2,1H3. The molecule has 0 saturated heterocycles. The van der Waals surface area contributed by atoms with E-state index in [-0.39, 0.29) is 10.4 Å². The van der Waals surface area contributed by atoms with Crippen molar-refractivity contribution in [3.8, 4) is 0 Å². The van der Waals surface area contributed by atoms with Gasteiger partial charge in [-0.05, 0) is 43.3 Å². The van der Waals surface area contributed by atoms with Gasteiger partial charge in [-0.2, -0.15) is 17.6 Å². The van der Waals surface area contributed by atoms with Crippen LogP contribution < -0.4 is 10.6 Å². The number of nitrogens with zero attached hydrogens (tertiary/aromatic N) is 4. The van der Waals surface area contributed by atoms with E-state index in [9.17, 15) is 8.42 Å². The lowest BCUT2D eigenvalue weighted by Gasteiger charge is -2.24. The smallest absolute Gasteiger partial charge is 0.282 e. The van der Waals surface area contributed by atoms with E-state index in [1.165, 1.54) is 48.4 Å². The summed E-state index contributed by atoms with van der Waals surface area (Å²) < 4.78 is 26.7. The van der Waals surface area contributed by atoms with Gasteiger partial charge in [0.15, 0.2) is 0 Å². The van der Waals surface area contributed by atoms with Crippen molar-refractivity contribution < 1.29 is 8.42 Å². The molecular weight excluding hydrogens is 418 g/mol. The Bertz CT molecular complexity index is 1140. The SMILES string of the molecule is CC1=C(c2cnn(S(=O)(=O)c3ccc(Cl)cc3)c2)N(c2ccccn2)C(N)S1. The zero-order valence-electron chi connectivity index (χ0n) is 14.7. The Hall–Kier alpha value is -2.33. The lowest BCUT2D eigenvalue weighted by molar-refractivity contribution is 0.580. The van der Waals surface area contributed by atoms with Gasteiger partial charge in [0.25, 0.3) is 10.0 Å². The van der Waals surface area contributed by atoms with Crippen LogP contribution in [0.3, 0.4) is 0 Å². The van der Waals surface area contributed by atoms with Gasteiger partial charge in [-0.15, -0.1) is 0 Å². The maximum Gasteiger partial charge on any atom is 0.282 e. The zero-order valence-corrected chi connectivity index (χ0v) is 17.1. The fourth-order valence-corrected chi connectivity index (χ4v) is 5.20. The van der Waals surface area contributed by atoms with Crippen LogP contribution >= 0.6 is 23.4 Å². The van der Waals surface area contributed by atoms with E-state index in [1.54, 1.807) is 6.20 Å². The van der Waals surface area contributed by atoms with Crippen molar-refractivity contribution in [3.63, 3.8) is 0 Å². The van der Waals surface area contributed by atoms with E-state index >= 15 is 0 Å². The number of pyridine rings is 1. The maximum absolute atomic E-state index is 12.9. The Balaban J connectivity index is 1.74. The van der Waals surface area contributed by atoms with Crippen LogP contribution in [0.4, 0.5) is 5.82 Å². The van der Waals surface area contributed by atoms with Crippen molar-refractivity contribution >= 4 is 44.9 Å². The van der Waals surface area contributed by atoms with Crippen molar-refractivity contribution in [2.75, 3.05) is 4.90 Å². The number of thioether (sulfide) groups is 1. The third-order valence-corrected chi connectivity index (χ3v) is 7.03. The molecule has 28 heavy (non-hydrogen) atoms. The van der Waals surface area contributed by atoms with Crippen LogP contribution in [0.5, 0.6) is 0 Å². The molecule has 0 bridgehead atoms. The average Bonchev–Trinajstić information content (AvgIpc) is 3.27. The molecule has 144 valence electrons. The van der Waals surface area contributed by atoms with Crippen LogP contribution in [0.15, 0.2) is 70.9 Å². The molecule has 1 aromatic carbocycles. The summed E-state index contributed by atoms with van der Waals surface area (Å²) in [4.78, 5) is 7.31. The minimum Gasteiger partial charge on any atom is -0.302 e. The average molecular weight is 434 g/mol. The normalized spacial score (nSPS) is 17.4. The van der Waals surface area contributed by atoms with E-state index in [4.69, 9.17) is 17.3 Å². The van der Waals surface area contributed by atoms with Crippen molar-refractivity contribution in [3.05, 3.63) is 76.5 Å². The molecule has 1 atom stereocenters. The summed E-state index contributed by atoms with van der Waals surface area (Å²) in [6, 6.07) is 11.5. The highest BCUT2D eigenvalue weighted by molar-refractivity contribution is 8.04. The van der Waals surface area contributed by atoms with Crippen LogP contribution in [0.25, 0.3) is 5.70 Å². The van der Waals surface area contributed by atoms with Gasteiger partial charge in [0.1, 0.15) is 11.3 Å². The summed E-state index contributed by atoms with van der Waals surface area (Å²) in [6.07, 6.45) is 4.69. The first-order valence-corrected chi connectivity index (χ1v) is 11.0. The monoisotopic (exact) mass is 433 g/mol. The molecule has 1 aliphatic rings. The number of halogens is 1. The third kappa shape index (κ3) is 3.30. The van der Waals surface area contributed by atoms with Crippen molar-refractivity contribution in [1.29, 1.82) is 0 Å². The fourth-order valence-electron chi connectivity index (χ4n) is 2.94. The van der Waals surface area contributed by atoms with Crippen molar-refractivity contribution in [2.45, 2.75) is 17.3 Å². The third-order valence-electron chi connectivity index (χ3n) is 4.21. The summed E-state index contributed by atoms with van der Waals surface area (Å²) in [7, 11) is -3.83. The van der Waals surface area contributed by atoms with Crippen LogP contribution in [-0.2, 0) is 10.0 Å². The minimum atomic E-state index is -3.83. The molecule has 1 unspecified atom stereocenters. The molecule has 7 nitrogen and oxygen atoms in total. The lowest BCUT2D eigenvalue weighted by atomic mass is 10.2. The first-order valence-electron chi connectivity index (χ1n) is 8.27. The van der Waals surface area contributed by atoms with Crippen molar-refractivity contribution in [2.24, 2.45) is 5.73 Å². The van der Waals surface area contributed by atoms with E-state index in [1.807, 2.05) is 30.0 Å². The van der Waals surface area contributed by atoms with E-state index in [2.05, 4.69) is 10.1 Å². The number of nitrogens with two attached hydrogens (primary N) is 1. The van der Waals surface area contributed by atoms with Gasteiger partial charge >= 0.3 is 0 Å². The van der Waals surface area contributed by atoms with Gasteiger partial charge in [0.2, 0.25) is 0 Å². The van der Waals surface area contributed by atoms with Gasteiger partial charge in [-0.3, -0.25) is 4.90 Å². The van der Waals surface area contributed by atoms with Gasteiger partial charge in [-0.25, -0.2) is 4.98 Å². The Morgan fingerprint density at radius 3 is 2.61 bits per heavy atom. The molecule has 2 aromatic heterocycles. The summed E-state index contributed by atoms with van der Waals surface area (Å²) in [6.45, 7) is 1.94. The number of hydrogen-bond acceptors (Lipinski definition) is 7. The van der Waals surface area contributed by atoms with Gasteiger partial charge in [0.05, 0.1) is 23.0 Å². The summed E-state index contributed by atoms with van der Waals surface area (Å²) in [5.74, 6) is 0.683. The molecule has 0 saturated carbocycles.